The van der Waals surface area contributed by atoms with E-state index in [1.54, 1.807) is 0 Å². The number of quaternary nitrogens is 2. The summed E-state index contributed by atoms with van der Waals surface area (Å²) in [6.45, 7) is 20.7. The SMILES string of the molecule is C1CN(CC2CO2)CC[N+]2(C1)CC[N+]1(CCCN(CC3CO3)CC1)CC2.[Br-].[Br-]. The van der Waals surface area contributed by atoms with Crippen LogP contribution >= 0.6 is 0 Å². The van der Waals surface area contributed by atoms with Crippen LogP contribution in [0, 0.1) is 0 Å². The zero-order valence-electron chi connectivity index (χ0n) is 17.2. The first kappa shape index (κ1) is 23.4. The van der Waals surface area contributed by atoms with E-state index in [2.05, 4.69) is 9.80 Å². The minimum Gasteiger partial charge on any atom is -1.00 e. The molecule has 2 unspecified atom stereocenters. The maximum Gasteiger partial charge on any atom is 0.129 e. The van der Waals surface area contributed by atoms with E-state index in [1.807, 2.05) is 0 Å². The highest BCUT2D eigenvalue weighted by Gasteiger charge is 2.44. The highest BCUT2D eigenvalue weighted by atomic mass is 79.9. The van der Waals surface area contributed by atoms with Crippen LogP contribution in [0.3, 0.4) is 0 Å². The molecular formula is C20H38Br2N4O2. The number of ether oxygens (including phenoxy) is 2. The summed E-state index contributed by atoms with van der Waals surface area (Å²) in [6.07, 6.45) is 3.86. The largest absolute Gasteiger partial charge is 1.00 e. The molecule has 5 saturated heterocycles. The molecule has 0 radical (unpaired) electrons. The van der Waals surface area contributed by atoms with Crippen molar-refractivity contribution in [2.24, 2.45) is 0 Å². The van der Waals surface area contributed by atoms with Gasteiger partial charge < -0.3 is 52.4 Å². The quantitative estimate of drug-likeness (QED) is 0.270. The van der Waals surface area contributed by atoms with E-state index in [0.29, 0.717) is 12.2 Å². The Morgan fingerprint density at radius 1 is 0.571 bits per heavy atom. The minimum absolute atomic E-state index is 0. The van der Waals surface area contributed by atoms with Gasteiger partial charge in [-0.15, -0.1) is 0 Å². The van der Waals surface area contributed by atoms with Gasteiger partial charge in [0.15, 0.2) is 0 Å². The summed E-state index contributed by atoms with van der Waals surface area (Å²) >= 11 is 0. The van der Waals surface area contributed by atoms with Gasteiger partial charge in [-0.1, -0.05) is 0 Å². The maximum atomic E-state index is 5.45. The van der Waals surface area contributed by atoms with E-state index in [4.69, 9.17) is 9.47 Å². The van der Waals surface area contributed by atoms with Crippen LogP contribution < -0.4 is 34.0 Å². The lowest BCUT2D eigenvalue weighted by Crippen LogP contribution is -3.00. The Morgan fingerprint density at radius 3 is 1.32 bits per heavy atom. The Kier molecular flexibility index (Phi) is 8.26. The fourth-order valence-corrected chi connectivity index (χ4v) is 5.67. The predicted molar refractivity (Wildman–Crippen MR) is 101 cm³/mol. The Bertz CT molecular complexity index is 453. The Balaban J connectivity index is 0.00000112. The van der Waals surface area contributed by atoms with Crippen LogP contribution in [0.1, 0.15) is 12.8 Å². The van der Waals surface area contributed by atoms with E-state index < -0.39 is 0 Å². The second-order valence-electron chi connectivity index (χ2n) is 9.69. The third-order valence-electron chi connectivity index (χ3n) is 7.82. The highest BCUT2D eigenvalue weighted by Crippen LogP contribution is 2.25. The number of epoxide rings is 2. The standard InChI is InChI=1S/C20H38N4O2.2BrH/c1-3-21(15-19-17-25-19)5-9-23(7-1)11-13-24(14-12-23)8-2-4-22(6-10-24)16-20-18-26-20;;/h19-20H,1-18H2;2*1H/q+2;;/p-2. The number of hydrogen-bond acceptors (Lipinski definition) is 4. The normalized spacial score (nSPS) is 41.6. The van der Waals surface area contributed by atoms with Gasteiger partial charge in [-0.25, -0.2) is 0 Å². The summed E-state index contributed by atoms with van der Waals surface area (Å²) in [5, 5.41) is 0. The van der Waals surface area contributed by atoms with Crippen LogP contribution in [-0.4, -0.2) is 136 Å². The topological polar surface area (TPSA) is 31.5 Å². The molecule has 0 N–H and O–H groups in total. The van der Waals surface area contributed by atoms with E-state index in [1.165, 1.54) is 113 Å². The second-order valence-corrected chi connectivity index (χ2v) is 9.69. The molecule has 5 aliphatic rings. The highest BCUT2D eigenvalue weighted by molar-refractivity contribution is 4.77. The van der Waals surface area contributed by atoms with Crippen LogP contribution in [0.2, 0.25) is 0 Å². The molecule has 164 valence electrons. The number of halogens is 2. The fraction of sp³-hybridized carbons (Fsp3) is 1.00. The molecule has 5 aliphatic heterocycles. The smallest absolute Gasteiger partial charge is 0.129 e. The van der Waals surface area contributed by atoms with Gasteiger partial charge in [0.2, 0.25) is 0 Å². The molecule has 0 amide bonds. The molecule has 0 aromatic heterocycles. The Labute approximate surface area is 191 Å². The molecule has 5 fully saturated rings. The van der Waals surface area contributed by atoms with Crippen molar-refractivity contribution in [2.45, 2.75) is 25.0 Å². The lowest BCUT2D eigenvalue weighted by atomic mass is 10.1. The van der Waals surface area contributed by atoms with Crippen molar-refractivity contribution in [3.8, 4) is 0 Å². The van der Waals surface area contributed by atoms with Crippen molar-refractivity contribution in [3.63, 3.8) is 0 Å². The molecule has 0 saturated carbocycles. The Hall–Kier alpha value is 0.720. The fourth-order valence-electron chi connectivity index (χ4n) is 5.67. The van der Waals surface area contributed by atoms with Gasteiger partial charge >= 0.3 is 0 Å². The number of nitrogens with zero attached hydrogens (tertiary/aromatic N) is 4. The summed E-state index contributed by atoms with van der Waals surface area (Å²) in [5.74, 6) is 0. The summed E-state index contributed by atoms with van der Waals surface area (Å²) in [5.41, 5.74) is 0. The summed E-state index contributed by atoms with van der Waals surface area (Å²) in [4.78, 5) is 5.35. The lowest BCUT2D eigenvalue weighted by Gasteiger charge is -2.49. The summed E-state index contributed by atoms with van der Waals surface area (Å²) < 4.78 is 13.7. The monoisotopic (exact) mass is 524 g/mol. The van der Waals surface area contributed by atoms with E-state index >= 15 is 0 Å². The van der Waals surface area contributed by atoms with E-state index in [-0.39, 0.29) is 34.0 Å². The maximum absolute atomic E-state index is 5.45. The molecular weight excluding hydrogens is 488 g/mol. The molecule has 0 aromatic rings. The molecule has 0 aromatic carbocycles. The summed E-state index contributed by atoms with van der Waals surface area (Å²) in [7, 11) is 0. The number of rotatable bonds is 4. The molecule has 28 heavy (non-hydrogen) atoms. The van der Waals surface area contributed by atoms with E-state index in [9.17, 15) is 0 Å². The number of hydrogen-bond donors (Lipinski definition) is 0. The average Bonchev–Trinajstić information content (AvgIpc) is 3.52. The van der Waals surface area contributed by atoms with Crippen molar-refractivity contribution in [1.82, 2.24) is 9.80 Å². The molecule has 0 bridgehead atoms. The van der Waals surface area contributed by atoms with Crippen LogP contribution in [0.5, 0.6) is 0 Å². The van der Waals surface area contributed by atoms with Crippen molar-refractivity contribution >= 4 is 0 Å². The third kappa shape index (κ3) is 5.90. The first-order chi connectivity index (χ1) is 12.7. The van der Waals surface area contributed by atoms with Gasteiger partial charge in [0.05, 0.1) is 51.6 Å². The van der Waals surface area contributed by atoms with Crippen LogP contribution in [-0.2, 0) is 9.47 Å². The van der Waals surface area contributed by atoms with Gasteiger partial charge in [-0.05, 0) is 0 Å². The van der Waals surface area contributed by atoms with Crippen molar-refractivity contribution in [2.75, 3.05) is 105 Å². The molecule has 2 spiro atoms. The molecule has 5 heterocycles. The van der Waals surface area contributed by atoms with Crippen molar-refractivity contribution in [3.05, 3.63) is 0 Å². The van der Waals surface area contributed by atoms with Gasteiger partial charge in [-0.2, -0.15) is 0 Å². The van der Waals surface area contributed by atoms with Crippen LogP contribution in [0.15, 0.2) is 0 Å². The molecule has 5 rings (SSSR count). The molecule has 0 aliphatic carbocycles. The number of piperazine rings is 1. The first-order valence-corrected chi connectivity index (χ1v) is 11.1. The zero-order valence-corrected chi connectivity index (χ0v) is 20.4. The zero-order chi connectivity index (χ0) is 17.5. The average molecular weight is 526 g/mol. The molecule has 8 heteroatoms. The lowest BCUT2D eigenvalue weighted by molar-refractivity contribution is -1.03. The molecule has 6 nitrogen and oxygen atoms in total. The van der Waals surface area contributed by atoms with Crippen LogP contribution in [0.25, 0.3) is 0 Å². The third-order valence-corrected chi connectivity index (χ3v) is 7.82. The summed E-state index contributed by atoms with van der Waals surface area (Å²) in [6, 6.07) is 0. The van der Waals surface area contributed by atoms with Gasteiger partial charge in [-0.3, -0.25) is 9.80 Å². The Morgan fingerprint density at radius 2 is 0.964 bits per heavy atom. The minimum atomic E-state index is 0. The van der Waals surface area contributed by atoms with Gasteiger partial charge in [0, 0.05) is 52.1 Å². The van der Waals surface area contributed by atoms with Crippen molar-refractivity contribution in [1.29, 1.82) is 0 Å². The second kappa shape index (κ2) is 9.90. The first-order valence-electron chi connectivity index (χ1n) is 11.1. The molecule has 2 atom stereocenters. The van der Waals surface area contributed by atoms with Crippen LogP contribution in [0.4, 0.5) is 0 Å². The van der Waals surface area contributed by atoms with Crippen molar-refractivity contribution < 1.29 is 52.4 Å². The van der Waals surface area contributed by atoms with E-state index in [0.717, 1.165) is 13.2 Å². The predicted octanol–water partition coefficient (Wildman–Crippen LogP) is -6.15. The van der Waals surface area contributed by atoms with Gasteiger partial charge in [0.1, 0.15) is 26.2 Å². The van der Waals surface area contributed by atoms with Gasteiger partial charge in [0.25, 0.3) is 0 Å².